The summed E-state index contributed by atoms with van der Waals surface area (Å²) in [6.07, 6.45) is -8.50. The molecule has 6 rings (SSSR count). The summed E-state index contributed by atoms with van der Waals surface area (Å²) in [6, 6.07) is 8.70. The zero-order valence-corrected chi connectivity index (χ0v) is 54.5. The summed E-state index contributed by atoms with van der Waals surface area (Å²) < 4.78 is 33.9. The first kappa shape index (κ1) is 74.4. The zero-order chi connectivity index (χ0) is 68.4. The van der Waals surface area contributed by atoms with Gasteiger partial charge in [0.05, 0.1) is 23.7 Å². The molecule has 3 saturated heterocycles. The van der Waals surface area contributed by atoms with Gasteiger partial charge in [0.1, 0.15) is 54.4 Å². The molecule has 4 aliphatic heterocycles. The summed E-state index contributed by atoms with van der Waals surface area (Å²) in [5.74, 6) is -8.30. The number of hydrogen-bond donors (Lipinski definition) is 9. The number of halogens is 1. The second kappa shape index (κ2) is 34.5. The average Bonchev–Trinajstić information content (AvgIpc) is 1.63. The highest BCUT2D eigenvalue weighted by Crippen LogP contribution is 2.45. The Morgan fingerprint density at radius 3 is 2.14 bits per heavy atom. The number of aliphatic hydroxyl groups excluding tert-OH is 3. The van der Waals surface area contributed by atoms with Crippen molar-refractivity contribution in [2.45, 2.75) is 199 Å². The summed E-state index contributed by atoms with van der Waals surface area (Å²) in [5.41, 5.74) is 0.698. The number of ether oxygens (including phenoxy) is 6. The number of esters is 2. The lowest BCUT2D eigenvalue weighted by molar-refractivity contribution is -0.283. The number of methoxy groups -OCH3 is 2. The number of benzene rings is 2. The Bertz CT molecular complexity index is 3020. The number of imide groups is 1. The quantitative estimate of drug-likeness (QED) is 0.0267. The first-order valence-electron chi connectivity index (χ1n) is 31.2. The van der Waals surface area contributed by atoms with E-state index >= 15 is 0 Å². The van der Waals surface area contributed by atoms with Crippen LogP contribution in [0, 0.1) is 23.2 Å². The van der Waals surface area contributed by atoms with Crippen molar-refractivity contribution in [1.29, 1.82) is 0 Å². The number of nitrogens with zero attached hydrogens (tertiary/aromatic N) is 1. The van der Waals surface area contributed by atoms with Crippen molar-refractivity contribution in [3.05, 3.63) is 76.3 Å². The molecule has 4 aliphatic rings. The molecule has 8 amide bonds. The van der Waals surface area contributed by atoms with Crippen LogP contribution in [0.15, 0.2) is 54.6 Å². The number of nitrogens with one attached hydrogen (secondary N) is 6. The molecule has 0 unspecified atom stereocenters. The zero-order valence-electron chi connectivity index (χ0n) is 53.8. The van der Waals surface area contributed by atoms with Crippen molar-refractivity contribution in [1.82, 2.24) is 37.0 Å². The molecule has 93 heavy (non-hydrogen) atoms. The minimum atomic E-state index is -1.77. The fourth-order valence-electron chi connectivity index (χ4n) is 10.5. The number of hydrogen-bond acceptors (Lipinski definition) is 21. The lowest BCUT2D eigenvalue weighted by atomic mass is 9.92. The van der Waals surface area contributed by atoms with Crippen LogP contribution in [0.25, 0.3) is 0 Å². The van der Waals surface area contributed by atoms with E-state index in [1.54, 1.807) is 70.2 Å². The largest absolute Gasteiger partial charge is 0.495 e. The SMILES string of the molecule is COc1ccc(C[C@H]2NC(=O)/C=C\C[C@@H]([C@H](C)[C@H]3O[C@@H]3c3ccc(CNC(=O)[C@H](CCCCNC(=O)[C@H]4O[C@@H](OC)[C@H](O)[C@@H](O)[C@@H]4O)NC(=O)[C@@H](NC(=O)CCCC(=O)ON4C(=O)CCC4=O)C(C)C)cc3)OC(=O)[C@H](CC(C)C)OC(=O)C(C)(C)CNC2=O)cc1Cl. The van der Waals surface area contributed by atoms with Crippen LogP contribution in [0.2, 0.25) is 5.02 Å². The van der Waals surface area contributed by atoms with Crippen LogP contribution < -0.4 is 36.6 Å². The van der Waals surface area contributed by atoms with Crippen molar-refractivity contribution in [2.24, 2.45) is 23.2 Å². The fraction of sp³-hybridized carbons (Fsp3) is 0.609. The van der Waals surface area contributed by atoms with Gasteiger partial charge in [-0.05, 0) is 92.7 Å². The maximum atomic E-state index is 14.1. The minimum Gasteiger partial charge on any atom is -0.495 e. The maximum absolute atomic E-state index is 14.1. The molecular weight excluding hydrogens is 1240 g/mol. The second-order valence-corrected chi connectivity index (χ2v) is 25.4. The summed E-state index contributed by atoms with van der Waals surface area (Å²) in [7, 11) is 2.66. The number of epoxide rings is 1. The number of unbranched alkanes of at least 4 members (excludes halogenated alkanes) is 1. The molecule has 9 N–H and O–H groups in total. The Morgan fingerprint density at radius 2 is 1.49 bits per heavy atom. The molecule has 29 heteroatoms. The topological polar surface area (TPSA) is 392 Å². The Balaban J connectivity index is 1.11. The molecule has 13 atom stereocenters. The Kier molecular flexibility index (Phi) is 27.6. The summed E-state index contributed by atoms with van der Waals surface area (Å²) in [5, 5.41) is 47.9. The molecule has 0 spiro atoms. The lowest BCUT2D eigenvalue weighted by Crippen LogP contribution is -2.61. The predicted molar refractivity (Wildman–Crippen MR) is 329 cm³/mol. The molecule has 2 aromatic carbocycles. The van der Waals surface area contributed by atoms with E-state index in [1.165, 1.54) is 26.4 Å². The third-order valence-electron chi connectivity index (χ3n) is 16.2. The van der Waals surface area contributed by atoms with Gasteiger partial charge in [0, 0.05) is 71.2 Å². The van der Waals surface area contributed by atoms with Crippen molar-refractivity contribution in [3.8, 4) is 5.75 Å². The highest BCUT2D eigenvalue weighted by molar-refractivity contribution is 6.32. The van der Waals surface area contributed by atoms with Gasteiger partial charge in [0.15, 0.2) is 18.5 Å². The second-order valence-electron chi connectivity index (χ2n) is 25.0. The minimum absolute atomic E-state index is 0.00633. The summed E-state index contributed by atoms with van der Waals surface area (Å²) in [6.45, 7) is 11.8. The van der Waals surface area contributed by atoms with E-state index in [2.05, 4.69) is 31.9 Å². The molecular formula is C64H88ClN7O21. The van der Waals surface area contributed by atoms with E-state index in [-0.39, 0.29) is 96.2 Å². The van der Waals surface area contributed by atoms with Gasteiger partial charge in [-0.2, -0.15) is 0 Å². The van der Waals surface area contributed by atoms with E-state index in [0.717, 1.165) is 5.56 Å². The molecule has 512 valence electrons. The summed E-state index contributed by atoms with van der Waals surface area (Å²) in [4.78, 5) is 150. The van der Waals surface area contributed by atoms with Crippen LogP contribution in [0.4, 0.5) is 0 Å². The number of rotatable bonds is 27. The van der Waals surface area contributed by atoms with Gasteiger partial charge in [-0.15, -0.1) is 5.06 Å². The molecule has 3 fully saturated rings. The van der Waals surface area contributed by atoms with Gasteiger partial charge in [0.25, 0.3) is 17.7 Å². The van der Waals surface area contributed by atoms with Crippen LogP contribution in [0.5, 0.6) is 5.75 Å². The summed E-state index contributed by atoms with van der Waals surface area (Å²) >= 11 is 6.39. The van der Waals surface area contributed by atoms with Crippen LogP contribution in [0.3, 0.4) is 0 Å². The third kappa shape index (κ3) is 21.5. The van der Waals surface area contributed by atoms with Crippen molar-refractivity contribution in [3.63, 3.8) is 0 Å². The number of aliphatic hydroxyl groups is 3. The van der Waals surface area contributed by atoms with E-state index in [1.807, 2.05) is 20.8 Å². The number of amides is 8. The normalized spacial score (nSPS) is 25.7. The van der Waals surface area contributed by atoms with Crippen LogP contribution in [0.1, 0.15) is 135 Å². The van der Waals surface area contributed by atoms with Crippen LogP contribution in [-0.4, -0.2) is 180 Å². The Hall–Kier alpha value is -7.60. The molecule has 0 saturated carbocycles. The van der Waals surface area contributed by atoms with Crippen LogP contribution in [-0.2, 0) is 94.2 Å². The molecule has 28 nitrogen and oxygen atoms in total. The van der Waals surface area contributed by atoms with Crippen molar-refractivity contribution in [2.75, 3.05) is 27.3 Å². The van der Waals surface area contributed by atoms with Gasteiger partial charge in [-0.3, -0.25) is 43.2 Å². The molecule has 0 aromatic heterocycles. The van der Waals surface area contributed by atoms with Crippen molar-refractivity contribution >= 4 is 76.8 Å². The van der Waals surface area contributed by atoms with Gasteiger partial charge >= 0.3 is 17.9 Å². The predicted octanol–water partition coefficient (Wildman–Crippen LogP) is 1.88. The van der Waals surface area contributed by atoms with Gasteiger partial charge in [-0.1, -0.05) is 82.6 Å². The van der Waals surface area contributed by atoms with Gasteiger partial charge in [-0.25, -0.2) is 9.59 Å². The average molecular weight is 1330 g/mol. The number of hydroxylamine groups is 2. The highest BCUT2D eigenvalue weighted by atomic mass is 35.5. The number of carbonyl (C=O) groups excluding carboxylic acids is 11. The maximum Gasteiger partial charge on any atom is 0.347 e. The molecule has 0 aliphatic carbocycles. The Labute approximate surface area is 544 Å². The van der Waals surface area contributed by atoms with Gasteiger partial charge in [0.2, 0.25) is 29.5 Å². The fourth-order valence-corrected chi connectivity index (χ4v) is 10.8. The van der Waals surface area contributed by atoms with Crippen LogP contribution >= 0.6 is 11.6 Å². The molecule has 0 bridgehead atoms. The van der Waals surface area contributed by atoms with E-state index in [9.17, 15) is 68.1 Å². The number of carbonyl (C=O) groups is 11. The van der Waals surface area contributed by atoms with E-state index in [4.69, 9.17) is 44.9 Å². The monoisotopic (exact) mass is 1330 g/mol. The highest BCUT2D eigenvalue weighted by Gasteiger charge is 2.49. The third-order valence-corrected chi connectivity index (χ3v) is 16.5. The van der Waals surface area contributed by atoms with Crippen molar-refractivity contribution < 1.29 is 101 Å². The Morgan fingerprint density at radius 1 is 0.806 bits per heavy atom. The molecule has 4 heterocycles. The smallest absolute Gasteiger partial charge is 0.347 e. The van der Waals surface area contributed by atoms with Gasteiger partial charge < -0.3 is 80.5 Å². The van der Waals surface area contributed by atoms with E-state index in [0.29, 0.717) is 27.0 Å². The molecule has 0 radical (unpaired) electrons. The first-order chi connectivity index (χ1) is 44.0. The number of cyclic esters (lactones) is 2. The van der Waals surface area contributed by atoms with E-state index < -0.39 is 156 Å². The lowest BCUT2D eigenvalue weighted by Gasteiger charge is -2.38. The standard InChI is InChI=1S/C64H88ClN7O21/c1-33(2)28-44-61(85)89-42(15-12-16-45(73)69-41(30-37-21-24-43(87-8)39(65)29-37)58(82)68-32-64(6,7)63(86)90-44)35(5)54-55(91-54)38-22-19-36(20-23-38)31-67-57(81)40(14-10-11-27-66-60(84)56-52(79)51(78)53(80)62(88-9)92-56)70-59(83)50(34(3)4)71-46(74)17-13-18-49(77)93-72-47(75)25-26-48(72)76/h12,16,19-24,29,33-35,40-42,44,50-56,62,78-80H,10-11,13-15,17-18,25-28,30-32H2,1-9H3,(H,66,84)(H,67,81)(H,68,82)(H,69,73)(H,70,83)(H,71,74)/b16-12-/t35-,40-,41+,42-,44-,50-,51-,52-,53+,54+,55+,56-,62+/m0/s1. The molecule has 2 aromatic rings. The first-order valence-corrected chi connectivity index (χ1v) is 31.6.